The summed E-state index contributed by atoms with van der Waals surface area (Å²) in [6.45, 7) is 0. The molecule has 0 aliphatic carbocycles. The quantitative estimate of drug-likeness (QED) is 0.691. The van der Waals surface area contributed by atoms with Gasteiger partial charge in [-0.15, -0.1) is 0 Å². The highest BCUT2D eigenvalue weighted by atomic mass is 79.9. The number of nitrogens with two attached hydrogens (primary N) is 1. The lowest BCUT2D eigenvalue weighted by atomic mass is 10.1. The Hall–Kier alpha value is -1.52. The molecule has 1 heterocycles. The Bertz CT molecular complexity index is 734. The number of hydrogen-bond donors (Lipinski definition) is 2. The van der Waals surface area contributed by atoms with Crippen LogP contribution in [0.25, 0.3) is 11.0 Å². The summed E-state index contributed by atoms with van der Waals surface area (Å²) in [6.07, 6.45) is 0.735. The van der Waals surface area contributed by atoms with Crippen molar-refractivity contribution in [2.75, 3.05) is 5.73 Å². The molecule has 3 aromatic rings. The maximum absolute atomic E-state index is 5.98. The van der Waals surface area contributed by atoms with E-state index >= 15 is 0 Å². The van der Waals surface area contributed by atoms with E-state index < -0.39 is 0 Å². The standard InChI is InChI=1S/C14H11BrClN3/c15-9-3-1-8(2-4-9)5-13-18-12-7-10(16)6-11(17)14(12)19-13/h1-4,6-7H,5,17H2,(H,18,19). The number of nitrogens with zero attached hydrogens (tertiary/aromatic N) is 1. The number of benzene rings is 2. The zero-order valence-corrected chi connectivity index (χ0v) is 12.3. The van der Waals surface area contributed by atoms with E-state index in [1.807, 2.05) is 18.2 Å². The van der Waals surface area contributed by atoms with Crippen molar-refractivity contribution >= 4 is 44.3 Å². The zero-order chi connectivity index (χ0) is 13.4. The van der Waals surface area contributed by atoms with Gasteiger partial charge in [-0.05, 0) is 29.8 Å². The second-order valence-corrected chi connectivity index (χ2v) is 5.73. The number of hydrogen-bond acceptors (Lipinski definition) is 2. The minimum Gasteiger partial charge on any atom is -0.397 e. The normalized spacial score (nSPS) is 11.1. The number of imidazole rings is 1. The second kappa shape index (κ2) is 4.87. The summed E-state index contributed by atoms with van der Waals surface area (Å²) in [7, 11) is 0. The summed E-state index contributed by atoms with van der Waals surface area (Å²) < 4.78 is 1.07. The number of anilines is 1. The Labute approximate surface area is 123 Å². The van der Waals surface area contributed by atoms with E-state index in [1.54, 1.807) is 6.07 Å². The van der Waals surface area contributed by atoms with Gasteiger partial charge >= 0.3 is 0 Å². The summed E-state index contributed by atoms with van der Waals surface area (Å²) >= 11 is 9.40. The lowest BCUT2D eigenvalue weighted by molar-refractivity contribution is 1.04. The van der Waals surface area contributed by atoms with Gasteiger partial charge in [-0.25, -0.2) is 4.98 Å². The molecule has 96 valence electrons. The molecule has 0 saturated carbocycles. The van der Waals surface area contributed by atoms with Crippen molar-refractivity contribution in [2.24, 2.45) is 0 Å². The first-order valence-corrected chi connectivity index (χ1v) is 6.97. The molecule has 0 spiro atoms. The molecule has 0 unspecified atom stereocenters. The Morgan fingerprint density at radius 2 is 1.95 bits per heavy atom. The first kappa shape index (κ1) is 12.5. The van der Waals surface area contributed by atoms with E-state index in [1.165, 1.54) is 5.56 Å². The number of H-pyrrole nitrogens is 1. The molecule has 3 N–H and O–H groups in total. The fourth-order valence-corrected chi connectivity index (χ4v) is 2.53. The fraction of sp³-hybridized carbons (Fsp3) is 0.0714. The van der Waals surface area contributed by atoms with Crippen molar-refractivity contribution in [3.8, 4) is 0 Å². The van der Waals surface area contributed by atoms with Gasteiger partial charge in [0.15, 0.2) is 0 Å². The van der Waals surface area contributed by atoms with Gasteiger partial charge in [0.25, 0.3) is 0 Å². The van der Waals surface area contributed by atoms with Crippen LogP contribution in [-0.2, 0) is 6.42 Å². The predicted octanol–water partition coefficient (Wildman–Crippen LogP) is 4.15. The van der Waals surface area contributed by atoms with E-state index in [0.717, 1.165) is 27.8 Å². The topological polar surface area (TPSA) is 54.7 Å². The maximum atomic E-state index is 5.98. The summed E-state index contributed by atoms with van der Waals surface area (Å²) in [5, 5.41) is 0.615. The number of rotatable bonds is 2. The molecule has 0 atom stereocenters. The highest BCUT2D eigenvalue weighted by Crippen LogP contribution is 2.24. The summed E-state index contributed by atoms with van der Waals surface area (Å²) in [4.78, 5) is 7.77. The van der Waals surface area contributed by atoms with E-state index in [9.17, 15) is 0 Å². The number of nitrogens with one attached hydrogen (secondary N) is 1. The molecule has 3 nitrogen and oxygen atoms in total. The summed E-state index contributed by atoms with van der Waals surface area (Å²) in [5.41, 5.74) is 9.34. The van der Waals surface area contributed by atoms with Crippen LogP contribution in [0.3, 0.4) is 0 Å². The third kappa shape index (κ3) is 2.60. The van der Waals surface area contributed by atoms with Crippen LogP contribution in [0.4, 0.5) is 5.69 Å². The molecule has 5 heteroatoms. The fourth-order valence-electron chi connectivity index (χ4n) is 2.04. The molecule has 0 bridgehead atoms. The average molecular weight is 337 g/mol. The van der Waals surface area contributed by atoms with Gasteiger partial charge in [0, 0.05) is 15.9 Å². The third-order valence-corrected chi connectivity index (χ3v) is 3.66. The van der Waals surface area contributed by atoms with Crippen molar-refractivity contribution in [1.82, 2.24) is 9.97 Å². The average Bonchev–Trinajstić information content (AvgIpc) is 2.75. The van der Waals surface area contributed by atoms with Gasteiger partial charge in [0.05, 0.1) is 11.2 Å². The number of fused-ring (bicyclic) bond motifs is 1. The third-order valence-electron chi connectivity index (χ3n) is 2.91. The summed E-state index contributed by atoms with van der Waals surface area (Å²) in [6, 6.07) is 11.7. The Balaban J connectivity index is 1.97. The van der Waals surface area contributed by atoms with Crippen LogP contribution in [0.5, 0.6) is 0 Å². The van der Waals surface area contributed by atoms with Crippen molar-refractivity contribution in [3.05, 3.63) is 57.3 Å². The van der Waals surface area contributed by atoms with Gasteiger partial charge in [0.2, 0.25) is 0 Å². The summed E-state index contributed by atoms with van der Waals surface area (Å²) in [5.74, 6) is 0.881. The molecule has 2 aromatic carbocycles. The molecular formula is C14H11BrClN3. The monoisotopic (exact) mass is 335 g/mol. The Morgan fingerprint density at radius 3 is 2.68 bits per heavy atom. The maximum Gasteiger partial charge on any atom is 0.112 e. The number of aromatic amines is 1. The van der Waals surface area contributed by atoms with Gasteiger partial charge < -0.3 is 10.7 Å². The van der Waals surface area contributed by atoms with E-state index in [0.29, 0.717) is 10.7 Å². The molecule has 0 amide bonds. The Kier molecular flexibility index (Phi) is 3.21. The number of aromatic nitrogens is 2. The van der Waals surface area contributed by atoms with Crippen LogP contribution in [0, 0.1) is 0 Å². The van der Waals surface area contributed by atoms with Gasteiger partial charge in [-0.3, -0.25) is 0 Å². The minimum atomic E-state index is 0.598. The molecule has 1 aromatic heterocycles. The number of nitrogen functional groups attached to an aromatic ring is 1. The van der Waals surface area contributed by atoms with Gasteiger partial charge in [0.1, 0.15) is 11.3 Å². The van der Waals surface area contributed by atoms with Crippen molar-refractivity contribution in [1.29, 1.82) is 0 Å². The Morgan fingerprint density at radius 1 is 1.21 bits per heavy atom. The van der Waals surface area contributed by atoms with Crippen molar-refractivity contribution in [2.45, 2.75) is 6.42 Å². The SMILES string of the molecule is Nc1cc(Cl)cc2[nH]c(Cc3ccc(Br)cc3)nc12. The molecule has 0 aliphatic heterocycles. The highest BCUT2D eigenvalue weighted by molar-refractivity contribution is 9.10. The largest absolute Gasteiger partial charge is 0.397 e. The number of halogens is 2. The van der Waals surface area contributed by atoms with Gasteiger partial charge in [-0.1, -0.05) is 39.7 Å². The van der Waals surface area contributed by atoms with Crippen LogP contribution >= 0.6 is 27.5 Å². The van der Waals surface area contributed by atoms with Crippen LogP contribution in [0.1, 0.15) is 11.4 Å². The molecule has 0 radical (unpaired) electrons. The van der Waals surface area contributed by atoms with Crippen LogP contribution < -0.4 is 5.73 Å². The minimum absolute atomic E-state index is 0.598. The van der Waals surface area contributed by atoms with Crippen molar-refractivity contribution < 1.29 is 0 Å². The first-order chi connectivity index (χ1) is 9.11. The first-order valence-electron chi connectivity index (χ1n) is 5.80. The molecule has 0 saturated heterocycles. The molecule has 3 rings (SSSR count). The molecule has 19 heavy (non-hydrogen) atoms. The smallest absolute Gasteiger partial charge is 0.112 e. The van der Waals surface area contributed by atoms with E-state index in [4.69, 9.17) is 17.3 Å². The molecular weight excluding hydrogens is 326 g/mol. The molecule has 0 aliphatic rings. The lowest BCUT2D eigenvalue weighted by Crippen LogP contribution is -1.90. The predicted molar refractivity (Wildman–Crippen MR) is 82.5 cm³/mol. The van der Waals surface area contributed by atoms with Gasteiger partial charge in [-0.2, -0.15) is 0 Å². The lowest BCUT2D eigenvalue weighted by Gasteiger charge is -1.97. The zero-order valence-electron chi connectivity index (χ0n) is 9.95. The highest BCUT2D eigenvalue weighted by Gasteiger charge is 2.07. The van der Waals surface area contributed by atoms with Crippen LogP contribution in [0.2, 0.25) is 5.02 Å². The second-order valence-electron chi connectivity index (χ2n) is 4.38. The van der Waals surface area contributed by atoms with E-state index in [2.05, 4.69) is 38.0 Å². The van der Waals surface area contributed by atoms with Crippen LogP contribution in [0.15, 0.2) is 40.9 Å². The molecule has 0 fully saturated rings. The van der Waals surface area contributed by atoms with Crippen molar-refractivity contribution in [3.63, 3.8) is 0 Å². The van der Waals surface area contributed by atoms with Crippen LogP contribution in [-0.4, -0.2) is 9.97 Å². The van der Waals surface area contributed by atoms with E-state index in [-0.39, 0.29) is 0 Å².